The summed E-state index contributed by atoms with van der Waals surface area (Å²) < 4.78 is 0. The molecule has 19 heteroatoms. The number of amides is 8. The number of hydrogen-bond acceptors (Lipinski definition) is 11. The van der Waals surface area contributed by atoms with Crippen LogP contribution in [-0.4, -0.2) is 139 Å². The zero-order valence-corrected chi connectivity index (χ0v) is 48.0. The van der Waals surface area contributed by atoms with E-state index in [0.29, 0.717) is 115 Å². The van der Waals surface area contributed by atoms with Crippen LogP contribution < -0.4 is 47.9 Å². The lowest BCUT2D eigenvalue weighted by Crippen LogP contribution is -2.59. The van der Waals surface area contributed by atoms with E-state index in [9.17, 15) is 38.4 Å². The first kappa shape index (κ1) is 61.9. The van der Waals surface area contributed by atoms with Crippen molar-refractivity contribution in [1.29, 1.82) is 0 Å². The molecule has 0 aromatic heterocycles. The lowest BCUT2D eigenvalue weighted by atomic mass is 9.92. The molecular weight excluding hydrogens is 1030 g/mol. The van der Waals surface area contributed by atoms with Gasteiger partial charge in [-0.2, -0.15) is 0 Å². The van der Waals surface area contributed by atoms with Crippen molar-refractivity contribution in [3.63, 3.8) is 0 Å². The Morgan fingerprint density at radius 3 is 1.54 bits per heavy atom. The van der Waals surface area contributed by atoms with Crippen molar-refractivity contribution in [3.8, 4) is 0 Å². The van der Waals surface area contributed by atoms with E-state index in [-0.39, 0.29) is 71.8 Å². The Morgan fingerprint density at radius 1 is 0.519 bits per heavy atom. The molecule has 19 nitrogen and oxygen atoms in total. The van der Waals surface area contributed by atoms with E-state index in [1.807, 2.05) is 92.7 Å². The van der Waals surface area contributed by atoms with Crippen LogP contribution in [0, 0.1) is 11.8 Å². The third kappa shape index (κ3) is 16.9. The predicted molar refractivity (Wildman–Crippen MR) is 310 cm³/mol. The normalized spacial score (nSPS) is 23.6. The molecule has 4 saturated heterocycles. The molecular formula is C62H89N11O8. The standard InChI is InChI=1S/C62H89N11O8/c1-5-48(63-3)56(75)70-54-44(39-65-37-41-21-13-10-14-22-41)28-30-47-33-35-51(73(47)61(54)80)59(78)69-53(43-25-17-12-18-26-43)60(79)66-36-20-9-7-8-19-27-52(74)67-40-45-29-31-46-32-34-50(58(77)68-38-42-23-15-11-16-24-42)72(46)62(81)55(45)71-57(76)49(6-2)64-4/h10-18,21-26,44-51,53-55,63-65H,5-9,19-20,27-40H2,1-4H3,(H,66,79)(H,67,74)(H,68,77)(H,69,78)(H,70,75)(H,71,76)/t44-,45-,46+,47+,48+,49+,50+,51+,53+,54+,55+/m1/s1. The van der Waals surface area contributed by atoms with Gasteiger partial charge in [0.25, 0.3) is 0 Å². The lowest BCUT2D eigenvalue weighted by molar-refractivity contribution is -0.144. The first-order valence-electron chi connectivity index (χ1n) is 29.9. The maximum Gasteiger partial charge on any atom is 0.247 e. The Kier molecular flexibility index (Phi) is 24.1. The van der Waals surface area contributed by atoms with Gasteiger partial charge in [0.1, 0.15) is 30.2 Å². The minimum atomic E-state index is -1.00. The monoisotopic (exact) mass is 1120 g/mol. The van der Waals surface area contributed by atoms with Crippen molar-refractivity contribution in [2.75, 3.05) is 33.7 Å². The van der Waals surface area contributed by atoms with Crippen LogP contribution in [0.15, 0.2) is 91.0 Å². The fourth-order valence-corrected chi connectivity index (χ4v) is 12.4. The number of fused-ring (bicyclic) bond motifs is 2. The molecule has 9 N–H and O–H groups in total. The fraction of sp³-hybridized carbons (Fsp3) is 0.581. The molecule has 4 aliphatic heterocycles. The van der Waals surface area contributed by atoms with Crippen molar-refractivity contribution >= 4 is 47.3 Å². The molecule has 11 atom stereocenters. The van der Waals surface area contributed by atoms with Gasteiger partial charge in [-0.15, -0.1) is 0 Å². The highest BCUT2D eigenvalue weighted by atomic mass is 16.2. The van der Waals surface area contributed by atoms with Crippen LogP contribution in [0.25, 0.3) is 0 Å². The number of likely N-dealkylation sites (N-methyl/N-ethyl adjacent to an activating group) is 2. The summed E-state index contributed by atoms with van der Waals surface area (Å²) in [7, 11) is 3.43. The van der Waals surface area contributed by atoms with Gasteiger partial charge < -0.3 is 57.7 Å². The number of unbranched alkanes of at least 4 members (excludes halogenated alkanes) is 4. The Hall–Kier alpha value is -6.70. The third-order valence-electron chi connectivity index (χ3n) is 17.1. The number of rotatable bonds is 29. The molecule has 0 unspecified atom stereocenters. The number of nitrogens with one attached hydrogen (secondary N) is 9. The summed E-state index contributed by atoms with van der Waals surface area (Å²) >= 11 is 0. The van der Waals surface area contributed by atoms with Crippen LogP contribution in [0.1, 0.15) is 139 Å². The highest BCUT2D eigenvalue weighted by Gasteiger charge is 2.50. The third-order valence-corrected chi connectivity index (χ3v) is 17.1. The topological polar surface area (TPSA) is 251 Å². The lowest BCUT2D eigenvalue weighted by Gasteiger charge is -2.33. The molecule has 3 aromatic carbocycles. The average molecular weight is 1120 g/mol. The summed E-state index contributed by atoms with van der Waals surface area (Å²) in [4.78, 5) is 115. The van der Waals surface area contributed by atoms with Crippen LogP contribution in [-0.2, 0) is 51.4 Å². The molecule has 0 bridgehead atoms. The Bertz CT molecular complexity index is 2530. The van der Waals surface area contributed by atoms with Crippen LogP contribution in [0.2, 0.25) is 0 Å². The van der Waals surface area contributed by atoms with Crippen molar-refractivity contribution in [2.45, 2.75) is 184 Å². The second-order valence-electron chi connectivity index (χ2n) is 22.4. The van der Waals surface area contributed by atoms with Gasteiger partial charge in [0.2, 0.25) is 47.3 Å². The molecule has 4 fully saturated rings. The second kappa shape index (κ2) is 31.5. The van der Waals surface area contributed by atoms with Crippen molar-refractivity contribution in [1.82, 2.24) is 57.7 Å². The molecule has 440 valence electrons. The van der Waals surface area contributed by atoms with Gasteiger partial charge in [-0.05, 0) is 108 Å². The van der Waals surface area contributed by atoms with E-state index >= 15 is 0 Å². The fourth-order valence-electron chi connectivity index (χ4n) is 12.4. The van der Waals surface area contributed by atoms with Gasteiger partial charge in [0.05, 0.1) is 12.1 Å². The minimum Gasteiger partial charge on any atom is -0.356 e. The summed E-state index contributed by atoms with van der Waals surface area (Å²) in [6.07, 6.45) is 10.0. The average Bonchev–Trinajstić information content (AvgIpc) is 4.30. The van der Waals surface area contributed by atoms with Gasteiger partial charge in [-0.3, -0.25) is 38.4 Å². The molecule has 4 aliphatic rings. The van der Waals surface area contributed by atoms with Crippen molar-refractivity contribution < 1.29 is 38.4 Å². The second-order valence-corrected chi connectivity index (χ2v) is 22.4. The van der Waals surface area contributed by atoms with E-state index in [1.165, 1.54) is 0 Å². The van der Waals surface area contributed by atoms with E-state index in [1.54, 1.807) is 36.0 Å². The zero-order chi connectivity index (χ0) is 57.7. The number of hydrogen-bond donors (Lipinski definition) is 9. The highest BCUT2D eigenvalue weighted by Crippen LogP contribution is 2.36. The number of benzene rings is 3. The SMILES string of the molecule is CC[C@H](NC)C(=O)N[C@@H]1C(=O)N2[C@@H](CC[C@@H]1CNC(=O)CCCCCCCNC(=O)[C@@H](NC(=O)[C@@H]1CC[C@@H]3CC[C@H](CNCc4ccccc4)[C@H](NC(=O)[C@H](CC)NC)C(=O)N31)c1ccccc1)CC[C@H]2C(=O)NCc1ccccc1. The van der Waals surface area contributed by atoms with Crippen LogP contribution in [0.5, 0.6) is 0 Å². The predicted octanol–water partition coefficient (Wildman–Crippen LogP) is 4.03. The zero-order valence-electron chi connectivity index (χ0n) is 48.0. The van der Waals surface area contributed by atoms with E-state index in [2.05, 4.69) is 47.9 Å². The van der Waals surface area contributed by atoms with E-state index in [4.69, 9.17) is 0 Å². The maximum atomic E-state index is 14.7. The molecule has 8 amide bonds. The Labute approximate surface area is 478 Å². The van der Waals surface area contributed by atoms with Gasteiger partial charge in [-0.1, -0.05) is 124 Å². The number of carbonyl (C=O) groups is 8. The van der Waals surface area contributed by atoms with Crippen molar-refractivity contribution in [3.05, 3.63) is 108 Å². The van der Waals surface area contributed by atoms with Gasteiger partial charge in [0.15, 0.2) is 0 Å². The molecule has 81 heavy (non-hydrogen) atoms. The summed E-state index contributed by atoms with van der Waals surface area (Å²) in [5.41, 5.74) is 2.69. The first-order valence-corrected chi connectivity index (χ1v) is 29.9. The van der Waals surface area contributed by atoms with Crippen molar-refractivity contribution in [2.24, 2.45) is 11.8 Å². The van der Waals surface area contributed by atoms with Crippen LogP contribution >= 0.6 is 0 Å². The van der Waals surface area contributed by atoms with E-state index in [0.717, 1.165) is 30.4 Å². The van der Waals surface area contributed by atoms with Crippen LogP contribution in [0.3, 0.4) is 0 Å². The number of nitrogens with zero attached hydrogens (tertiary/aromatic N) is 2. The molecule has 0 aliphatic carbocycles. The highest BCUT2D eigenvalue weighted by molar-refractivity contribution is 5.97. The summed E-state index contributed by atoms with van der Waals surface area (Å²) in [6, 6.07) is 23.2. The van der Waals surface area contributed by atoms with E-state index < -0.39 is 48.2 Å². The summed E-state index contributed by atoms with van der Waals surface area (Å²) in [5, 5.41) is 27.8. The molecule has 0 saturated carbocycles. The molecule has 0 radical (unpaired) electrons. The minimum absolute atomic E-state index is 0.135. The largest absolute Gasteiger partial charge is 0.356 e. The Balaban J connectivity index is 0.872. The maximum absolute atomic E-state index is 14.7. The summed E-state index contributed by atoms with van der Waals surface area (Å²) in [5.74, 6) is -2.81. The molecule has 3 aromatic rings. The van der Waals surface area contributed by atoms with Gasteiger partial charge >= 0.3 is 0 Å². The quantitative estimate of drug-likeness (QED) is 0.0449. The van der Waals surface area contributed by atoms with Gasteiger partial charge in [-0.25, -0.2) is 0 Å². The summed E-state index contributed by atoms with van der Waals surface area (Å²) in [6.45, 7) is 5.86. The molecule has 0 spiro atoms. The number of carbonyl (C=O) groups excluding carboxylic acids is 8. The molecule has 4 heterocycles. The molecule has 7 rings (SSSR count). The first-order chi connectivity index (χ1) is 39.3. The van der Waals surface area contributed by atoms with Gasteiger partial charge in [0, 0.05) is 63.1 Å². The smallest absolute Gasteiger partial charge is 0.247 e. The Morgan fingerprint density at radius 2 is 1.00 bits per heavy atom. The van der Waals surface area contributed by atoms with Crippen LogP contribution in [0.4, 0.5) is 0 Å².